The predicted molar refractivity (Wildman–Crippen MR) is 260 cm³/mol. The topological polar surface area (TPSA) is 287 Å². The van der Waals surface area contributed by atoms with Crippen LogP contribution in [0, 0.1) is 0 Å². The van der Waals surface area contributed by atoms with Gasteiger partial charge in [0.2, 0.25) is 29.5 Å². The van der Waals surface area contributed by atoms with E-state index >= 15 is 0 Å². The molecule has 0 unspecified atom stereocenters. The maximum absolute atomic E-state index is 14.4. The third-order valence-corrected chi connectivity index (χ3v) is 12.5. The van der Waals surface area contributed by atoms with Crippen molar-refractivity contribution in [3.8, 4) is 5.75 Å². The van der Waals surface area contributed by atoms with Crippen LogP contribution in [0.15, 0.2) is 85.2 Å². The Morgan fingerprint density at radius 1 is 0.576 bits per heavy atom. The van der Waals surface area contributed by atoms with E-state index in [1.165, 1.54) is 35.7 Å². The van der Waals surface area contributed by atoms with E-state index in [9.17, 15) is 39.0 Å². The first-order chi connectivity index (χ1) is 31.8. The fraction of sp³-hybridized carbons (Fsp3) is 0.404. The number of aromatic nitrogens is 2. The van der Waals surface area contributed by atoms with Gasteiger partial charge in [0, 0.05) is 47.0 Å². The molecule has 0 aliphatic rings. The van der Waals surface area contributed by atoms with Crippen LogP contribution in [0.25, 0.3) is 21.8 Å². The van der Waals surface area contributed by atoms with Crippen LogP contribution in [-0.4, -0.2) is 122 Å². The number of hydrogen-bond donors (Lipinski definition) is 11. The second-order valence-corrected chi connectivity index (χ2v) is 18.1. The van der Waals surface area contributed by atoms with Crippen LogP contribution in [0.2, 0.25) is 0 Å². The Kier molecular flexibility index (Phi) is 19.8. The first kappa shape index (κ1) is 51.0. The number of benzene rings is 3. The van der Waals surface area contributed by atoms with Crippen LogP contribution in [0.5, 0.6) is 5.75 Å². The molecule has 13 N–H and O–H groups in total. The van der Waals surface area contributed by atoms with Crippen molar-refractivity contribution in [3.63, 3.8) is 0 Å². The minimum absolute atomic E-state index is 0.00187. The van der Waals surface area contributed by atoms with Gasteiger partial charge in [0.05, 0.1) is 6.04 Å². The summed E-state index contributed by atoms with van der Waals surface area (Å²) in [6, 6.07) is 14.1. The van der Waals surface area contributed by atoms with E-state index in [2.05, 4.69) is 36.6 Å². The number of unbranched alkanes of at least 4 members (excludes halogenated alkanes) is 1. The maximum Gasteiger partial charge on any atom is 0.326 e. The van der Waals surface area contributed by atoms with Crippen molar-refractivity contribution in [3.05, 3.63) is 102 Å². The summed E-state index contributed by atoms with van der Waals surface area (Å²) >= 11 is 2.87. The number of aliphatic carboxylic acids is 1. The second kappa shape index (κ2) is 25.6. The Morgan fingerprint density at radius 3 is 1.58 bits per heavy atom. The van der Waals surface area contributed by atoms with Crippen molar-refractivity contribution < 1.29 is 39.0 Å². The number of aromatic amines is 2. The molecule has 17 nitrogen and oxygen atoms in total. The van der Waals surface area contributed by atoms with Gasteiger partial charge in [0.25, 0.3) is 0 Å². The number of hydrogen-bond acceptors (Lipinski definition) is 11. The highest BCUT2D eigenvalue weighted by Crippen LogP contribution is 2.21. The number of H-pyrrole nitrogens is 2. The Bertz CT molecular complexity index is 2410. The number of phenols is 1. The molecule has 2 heterocycles. The molecule has 0 radical (unpaired) electrons. The number of carboxylic acid groups (broad SMARTS) is 1. The third kappa shape index (κ3) is 14.7. The number of carbonyl (C=O) groups is 6. The van der Waals surface area contributed by atoms with Gasteiger partial charge in [-0.3, -0.25) is 24.0 Å². The second-order valence-electron chi connectivity index (χ2n) is 16.1. The summed E-state index contributed by atoms with van der Waals surface area (Å²) in [5.74, 6) is -3.66. The summed E-state index contributed by atoms with van der Waals surface area (Å²) in [7, 11) is 0. The van der Waals surface area contributed by atoms with E-state index in [1.54, 1.807) is 24.5 Å². The average molecular weight is 944 g/mol. The summed E-state index contributed by atoms with van der Waals surface area (Å²) in [5.41, 5.74) is 16.0. The number of fused-ring (bicyclic) bond motifs is 2. The Hall–Kier alpha value is -6.02. The number of carbonyl (C=O) groups excluding carboxylic acids is 5. The normalized spacial score (nSPS) is 14.1. The Balaban J connectivity index is 1.37. The average Bonchev–Trinajstić information content (AvgIpc) is 3.92. The van der Waals surface area contributed by atoms with Gasteiger partial charge in [-0.2, -0.15) is 23.5 Å². The molecule has 5 aromatic rings. The minimum Gasteiger partial charge on any atom is -0.508 e. The van der Waals surface area contributed by atoms with E-state index < -0.39 is 71.8 Å². The van der Waals surface area contributed by atoms with Gasteiger partial charge in [-0.05, 0) is 110 Å². The molecule has 0 aliphatic carbocycles. The number of phenolic OH excluding ortho intramolecular Hbond substituents is 1. The van der Waals surface area contributed by atoms with Crippen molar-refractivity contribution in [2.45, 2.75) is 87.6 Å². The Labute approximate surface area is 392 Å². The molecule has 0 bridgehead atoms. The summed E-state index contributed by atoms with van der Waals surface area (Å²) < 4.78 is 0. The van der Waals surface area contributed by atoms with E-state index in [0.717, 1.165) is 27.4 Å². The van der Waals surface area contributed by atoms with Crippen LogP contribution in [0.1, 0.15) is 48.8 Å². The van der Waals surface area contributed by atoms with E-state index in [-0.39, 0.29) is 44.3 Å². The van der Waals surface area contributed by atoms with Gasteiger partial charge in [-0.15, -0.1) is 0 Å². The van der Waals surface area contributed by atoms with E-state index in [4.69, 9.17) is 11.5 Å². The molecule has 0 saturated carbocycles. The highest BCUT2D eigenvalue weighted by Gasteiger charge is 2.33. The molecule has 0 aliphatic heterocycles. The lowest BCUT2D eigenvalue weighted by molar-refractivity contribution is -0.142. The first-order valence-electron chi connectivity index (χ1n) is 21.9. The van der Waals surface area contributed by atoms with Crippen molar-refractivity contribution in [1.82, 2.24) is 36.6 Å². The van der Waals surface area contributed by atoms with Crippen molar-refractivity contribution in [2.24, 2.45) is 11.5 Å². The number of thioether (sulfide) groups is 2. The molecule has 5 amide bonds. The highest BCUT2D eigenvalue weighted by molar-refractivity contribution is 7.98. The predicted octanol–water partition coefficient (Wildman–Crippen LogP) is 2.85. The molecule has 2 aromatic heterocycles. The summed E-state index contributed by atoms with van der Waals surface area (Å²) in [5, 5.41) is 35.5. The zero-order chi connectivity index (χ0) is 47.6. The lowest BCUT2D eigenvalue weighted by atomic mass is 10.0. The molecule has 6 atom stereocenters. The number of aromatic hydroxyl groups is 1. The largest absolute Gasteiger partial charge is 0.508 e. The molecule has 3 aromatic carbocycles. The van der Waals surface area contributed by atoms with Crippen LogP contribution in [0.3, 0.4) is 0 Å². The van der Waals surface area contributed by atoms with Crippen LogP contribution >= 0.6 is 23.5 Å². The standard InChI is InChI=1S/C47H61N9O8S2/c1-65-21-18-38(44(60)56-41(46(62)54-39(47(63)64)19-22-66-2)25-30-27-51-36-12-6-4-10-33(30)36)53-45(61)40(23-28-14-16-31(57)17-15-28)55-43(59)37(13-7-8-20-48)52-42(58)34(49)24-29-26-50-35-11-5-3-9-32(29)35/h3-6,9-12,14-17,26-27,34,37-41,50-51,57H,7-8,13,18-25,48-49H2,1-2H3,(H,52,58)(H,53,61)(H,54,62)(H,55,59)(H,56,60)(H,63,64)/t34-,37-,38-,39+,40-,41-/m0/s1. The summed E-state index contributed by atoms with van der Waals surface area (Å²) in [6.07, 6.45) is 8.87. The molecule has 5 rings (SSSR count). The van der Waals surface area contributed by atoms with Gasteiger partial charge in [-0.1, -0.05) is 48.5 Å². The molecule has 354 valence electrons. The monoisotopic (exact) mass is 943 g/mol. The molecule has 0 saturated heterocycles. The Morgan fingerprint density at radius 2 is 1.03 bits per heavy atom. The van der Waals surface area contributed by atoms with Gasteiger partial charge in [0.1, 0.15) is 36.0 Å². The fourth-order valence-corrected chi connectivity index (χ4v) is 8.51. The molecular weight excluding hydrogens is 883 g/mol. The smallest absolute Gasteiger partial charge is 0.326 e. The van der Waals surface area contributed by atoms with Gasteiger partial charge in [0.15, 0.2) is 0 Å². The van der Waals surface area contributed by atoms with Gasteiger partial charge < -0.3 is 58.2 Å². The fourth-order valence-electron chi connectivity index (χ4n) is 7.56. The zero-order valence-electron chi connectivity index (χ0n) is 37.1. The number of nitrogens with two attached hydrogens (primary N) is 2. The molecule has 19 heteroatoms. The summed E-state index contributed by atoms with van der Waals surface area (Å²) in [6.45, 7) is 0.357. The lowest BCUT2D eigenvalue weighted by Gasteiger charge is -2.27. The number of rotatable bonds is 27. The third-order valence-electron chi connectivity index (χ3n) is 11.2. The zero-order valence-corrected chi connectivity index (χ0v) is 38.8. The van der Waals surface area contributed by atoms with E-state index in [1.807, 2.05) is 61.0 Å². The number of carboxylic acids is 1. The SMILES string of the molecule is CSCC[C@H](NC(=O)[C@H](Cc1ccc(O)cc1)NC(=O)[C@H](CCCCN)NC(=O)[C@@H](N)Cc1c[nH]c2ccccc12)C(=O)N[C@@H](Cc1c[nH]c2ccccc12)C(=O)N[C@H](CCSC)C(=O)O. The lowest BCUT2D eigenvalue weighted by Crippen LogP contribution is -2.60. The van der Waals surface area contributed by atoms with Crippen LogP contribution < -0.4 is 38.1 Å². The number of para-hydroxylation sites is 2. The van der Waals surface area contributed by atoms with Crippen molar-refractivity contribution in [1.29, 1.82) is 0 Å². The molecule has 66 heavy (non-hydrogen) atoms. The number of amides is 5. The van der Waals surface area contributed by atoms with Crippen molar-refractivity contribution >= 4 is 80.8 Å². The first-order valence-corrected chi connectivity index (χ1v) is 24.7. The molecule has 0 fully saturated rings. The van der Waals surface area contributed by atoms with Crippen LogP contribution in [-0.2, 0) is 48.0 Å². The van der Waals surface area contributed by atoms with Crippen LogP contribution in [0.4, 0.5) is 0 Å². The maximum atomic E-state index is 14.4. The van der Waals surface area contributed by atoms with Gasteiger partial charge >= 0.3 is 5.97 Å². The highest BCUT2D eigenvalue weighted by atomic mass is 32.2. The summed E-state index contributed by atoms with van der Waals surface area (Å²) in [4.78, 5) is 89.0. The minimum atomic E-state index is -1.28. The number of nitrogens with one attached hydrogen (secondary N) is 7. The van der Waals surface area contributed by atoms with Gasteiger partial charge in [-0.25, -0.2) is 4.79 Å². The quantitative estimate of drug-likeness (QED) is 0.0339. The van der Waals surface area contributed by atoms with Crippen molar-refractivity contribution in [2.75, 3.05) is 30.6 Å². The molecule has 0 spiro atoms. The van der Waals surface area contributed by atoms with E-state index in [0.29, 0.717) is 42.0 Å². The molecular formula is C47H61N9O8S2.